The summed E-state index contributed by atoms with van der Waals surface area (Å²) in [7, 11) is 0. The minimum Gasteiger partial charge on any atom is -0.357 e. The van der Waals surface area contributed by atoms with E-state index in [0.717, 1.165) is 31.2 Å². The molecule has 3 N–H and O–H groups in total. The zero-order valence-electron chi connectivity index (χ0n) is 19.6. The number of carbonyl (C=O) groups is 2. The number of carbonyl (C=O) groups excluding carboxylic acids is 2. The van der Waals surface area contributed by atoms with E-state index in [1.165, 1.54) is 0 Å². The second-order valence-electron chi connectivity index (χ2n) is 8.32. The molecule has 0 aromatic heterocycles. The van der Waals surface area contributed by atoms with Crippen molar-refractivity contribution in [2.45, 2.75) is 53.2 Å². The lowest BCUT2D eigenvalue weighted by molar-refractivity contribution is -0.123. The van der Waals surface area contributed by atoms with Crippen LogP contribution in [0.15, 0.2) is 29.3 Å². The summed E-state index contributed by atoms with van der Waals surface area (Å²) in [5, 5.41) is 9.42. The summed E-state index contributed by atoms with van der Waals surface area (Å²) in [5.41, 5.74) is 1.62. The molecule has 1 aliphatic rings. The van der Waals surface area contributed by atoms with Crippen molar-refractivity contribution in [3.05, 3.63) is 35.4 Å². The van der Waals surface area contributed by atoms with Crippen LogP contribution in [0.4, 0.5) is 0 Å². The molecule has 0 radical (unpaired) electrons. The third-order valence-electron chi connectivity index (χ3n) is 5.28. The number of guanidine groups is 1. The van der Waals surface area contributed by atoms with Crippen LogP contribution in [0.5, 0.6) is 0 Å². The maximum absolute atomic E-state index is 12.6. The number of benzene rings is 1. The fraction of sp³-hybridized carbons (Fsp3) is 0.609. The lowest BCUT2D eigenvalue weighted by atomic mass is 10.1. The molecule has 0 bridgehead atoms. The fourth-order valence-corrected chi connectivity index (χ4v) is 3.68. The van der Waals surface area contributed by atoms with E-state index in [-0.39, 0.29) is 18.4 Å². The van der Waals surface area contributed by atoms with E-state index in [1.54, 1.807) is 4.90 Å². The molecule has 1 aromatic rings. The summed E-state index contributed by atoms with van der Waals surface area (Å²) in [6.45, 7) is 15.2. The van der Waals surface area contributed by atoms with Crippen LogP contribution < -0.4 is 16.0 Å². The highest BCUT2D eigenvalue weighted by atomic mass is 16.2. The highest BCUT2D eigenvalue weighted by Crippen LogP contribution is 2.10. The Morgan fingerprint density at radius 3 is 2.42 bits per heavy atom. The van der Waals surface area contributed by atoms with Crippen LogP contribution in [0, 0.1) is 0 Å². The number of nitrogens with zero attached hydrogens (tertiary/aromatic N) is 3. The Morgan fingerprint density at radius 1 is 1.16 bits per heavy atom. The molecule has 0 aliphatic carbocycles. The number of aliphatic imine (C=N–C) groups is 1. The van der Waals surface area contributed by atoms with Gasteiger partial charge in [-0.1, -0.05) is 12.1 Å². The van der Waals surface area contributed by atoms with Gasteiger partial charge in [0.1, 0.15) is 0 Å². The van der Waals surface area contributed by atoms with Crippen molar-refractivity contribution in [3.8, 4) is 0 Å². The topological polar surface area (TPSA) is 89.1 Å². The Morgan fingerprint density at radius 2 is 1.84 bits per heavy atom. The third kappa shape index (κ3) is 7.86. The average molecular weight is 431 g/mol. The summed E-state index contributed by atoms with van der Waals surface area (Å²) >= 11 is 0. The van der Waals surface area contributed by atoms with Gasteiger partial charge in [-0.15, -0.1) is 0 Å². The van der Waals surface area contributed by atoms with E-state index >= 15 is 0 Å². The van der Waals surface area contributed by atoms with Gasteiger partial charge in [-0.25, -0.2) is 4.99 Å². The minimum atomic E-state index is -0.112. The molecule has 172 valence electrons. The second-order valence-corrected chi connectivity index (χ2v) is 8.32. The maximum atomic E-state index is 12.6. The molecule has 0 spiro atoms. The van der Waals surface area contributed by atoms with Crippen molar-refractivity contribution in [2.24, 2.45) is 4.99 Å². The van der Waals surface area contributed by atoms with Crippen molar-refractivity contribution in [1.29, 1.82) is 0 Å². The van der Waals surface area contributed by atoms with Crippen molar-refractivity contribution < 1.29 is 9.59 Å². The molecule has 2 rings (SSSR count). The second kappa shape index (κ2) is 12.3. The first-order valence-electron chi connectivity index (χ1n) is 11.2. The lowest BCUT2D eigenvalue weighted by Crippen LogP contribution is -2.49. The first-order valence-corrected chi connectivity index (χ1v) is 11.2. The van der Waals surface area contributed by atoms with Crippen LogP contribution >= 0.6 is 0 Å². The Labute approximate surface area is 186 Å². The molecule has 0 saturated carbocycles. The number of rotatable bonds is 9. The summed E-state index contributed by atoms with van der Waals surface area (Å²) in [5.74, 6) is 0.563. The predicted octanol–water partition coefficient (Wildman–Crippen LogP) is 1.43. The minimum absolute atomic E-state index is 0.111. The van der Waals surface area contributed by atoms with Gasteiger partial charge in [0.15, 0.2) is 5.96 Å². The zero-order chi connectivity index (χ0) is 22.8. The molecule has 1 aliphatic heterocycles. The number of amides is 2. The summed E-state index contributed by atoms with van der Waals surface area (Å²) < 4.78 is 0. The SMILES string of the molecule is CCNC(=NCc1ccc(C(=O)N2CCNC(=O)C2)cc1)NCCN(C(C)C)C(C)C. The Bertz CT molecular complexity index is 737. The van der Waals surface area contributed by atoms with Crippen LogP contribution in [0.2, 0.25) is 0 Å². The molecule has 0 atom stereocenters. The van der Waals surface area contributed by atoms with Gasteiger partial charge in [-0.2, -0.15) is 0 Å². The smallest absolute Gasteiger partial charge is 0.254 e. The van der Waals surface area contributed by atoms with E-state index in [4.69, 9.17) is 0 Å². The van der Waals surface area contributed by atoms with E-state index in [0.29, 0.717) is 37.3 Å². The van der Waals surface area contributed by atoms with Crippen molar-refractivity contribution >= 4 is 17.8 Å². The van der Waals surface area contributed by atoms with E-state index in [9.17, 15) is 9.59 Å². The first kappa shape index (κ1) is 24.7. The van der Waals surface area contributed by atoms with Gasteiger partial charge in [0.05, 0.1) is 13.1 Å². The summed E-state index contributed by atoms with van der Waals surface area (Å²) in [6.07, 6.45) is 0. The normalized spacial score (nSPS) is 14.9. The van der Waals surface area contributed by atoms with Crippen molar-refractivity contribution in [2.75, 3.05) is 39.3 Å². The number of piperazine rings is 1. The number of nitrogens with one attached hydrogen (secondary N) is 3. The Kier molecular flexibility index (Phi) is 9.78. The average Bonchev–Trinajstić information content (AvgIpc) is 2.74. The molecule has 1 saturated heterocycles. The molecule has 8 heteroatoms. The van der Waals surface area contributed by atoms with Crippen molar-refractivity contribution in [1.82, 2.24) is 25.8 Å². The highest BCUT2D eigenvalue weighted by molar-refractivity contribution is 5.97. The molecule has 2 amide bonds. The summed E-state index contributed by atoms with van der Waals surface area (Å²) in [4.78, 5) is 32.8. The van der Waals surface area contributed by atoms with Crippen LogP contribution in [-0.2, 0) is 11.3 Å². The van der Waals surface area contributed by atoms with Gasteiger partial charge in [0, 0.05) is 50.4 Å². The molecule has 1 fully saturated rings. The Hall–Kier alpha value is -2.61. The Balaban J connectivity index is 1.91. The fourth-order valence-electron chi connectivity index (χ4n) is 3.68. The lowest BCUT2D eigenvalue weighted by Gasteiger charge is -2.30. The van der Waals surface area contributed by atoms with Gasteiger partial charge in [-0.3, -0.25) is 14.5 Å². The number of hydrogen-bond acceptors (Lipinski definition) is 4. The standard InChI is InChI=1S/C23H38N6O2/c1-6-24-23(26-12-14-29(17(2)3)18(4)5)27-15-19-7-9-20(10-8-19)22(31)28-13-11-25-21(30)16-28/h7-10,17-18H,6,11-16H2,1-5H3,(H,25,30)(H2,24,26,27). The monoisotopic (exact) mass is 430 g/mol. The largest absolute Gasteiger partial charge is 0.357 e. The van der Waals surface area contributed by atoms with Crippen LogP contribution in [-0.4, -0.2) is 78.9 Å². The van der Waals surface area contributed by atoms with Crippen LogP contribution in [0.1, 0.15) is 50.5 Å². The molecule has 31 heavy (non-hydrogen) atoms. The van der Waals surface area contributed by atoms with Gasteiger partial charge < -0.3 is 20.9 Å². The van der Waals surface area contributed by atoms with Gasteiger partial charge >= 0.3 is 0 Å². The predicted molar refractivity (Wildman–Crippen MR) is 125 cm³/mol. The third-order valence-corrected chi connectivity index (χ3v) is 5.28. The summed E-state index contributed by atoms with van der Waals surface area (Å²) in [6, 6.07) is 8.46. The highest BCUT2D eigenvalue weighted by Gasteiger charge is 2.22. The van der Waals surface area contributed by atoms with Gasteiger partial charge in [0.2, 0.25) is 5.91 Å². The molecule has 1 heterocycles. The van der Waals surface area contributed by atoms with Crippen molar-refractivity contribution in [3.63, 3.8) is 0 Å². The molecule has 0 unspecified atom stereocenters. The molecular weight excluding hydrogens is 392 g/mol. The first-order chi connectivity index (χ1) is 14.8. The van der Waals surface area contributed by atoms with Crippen LogP contribution in [0.3, 0.4) is 0 Å². The van der Waals surface area contributed by atoms with Gasteiger partial charge in [-0.05, 0) is 52.3 Å². The number of hydrogen-bond donors (Lipinski definition) is 3. The van der Waals surface area contributed by atoms with Gasteiger partial charge in [0.25, 0.3) is 5.91 Å². The molecule has 8 nitrogen and oxygen atoms in total. The molecular formula is C23H38N6O2. The van der Waals surface area contributed by atoms with Crippen LogP contribution in [0.25, 0.3) is 0 Å². The van der Waals surface area contributed by atoms with E-state index < -0.39 is 0 Å². The molecule has 1 aromatic carbocycles. The quantitative estimate of drug-likeness (QED) is 0.407. The maximum Gasteiger partial charge on any atom is 0.254 e. The zero-order valence-corrected chi connectivity index (χ0v) is 19.6. The van der Waals surface area contributed by atoms with E-state index in [2.05, 4.69) is 53.5 Å². The van der Waals surface area contributed by atoms with E-state index in [1.807, 2.05) is 31.2 Å².